The van der Waals surface area contributed by atoms with Crippen molar-refractivity contribution in [3.8, 4) is 11.4 Å². The lowest BCUT2D eigenvalue weighted by Crippen LogP contribution is -2.39. The van der Waals surface area contributed by atoms with Gasteiger partial charge in [-0.2, -0.15) is 0 Å². The van der Waals surface area contributed by atoms with Crippen LogP contribution in [0.3, 0.4) is 0 Å². The third-order valence-electron chi connectivity index (χ3n) is 13.4. The molecule has 0 spiro atoms. The van der Waals surface area contributed by atoms with E-state index in [1.165, 1.54) is 99.5 Å². The van der Waals surface area contributed by atoms with Crippen LogP contribution in [0.25, 0.3) is 55.0 Å². The van der Waals surface area contributed by atoms with Gasteiger partial charge in [0, 0.05) is 21.5 Å². The van der Waals surface area contributed by atoms with Crippen molar-refractivity contribution in [1.82, 2.24) is 9.13 Å². The molecule has 2 aliphatic heterocycles. The standard InChI is InChI=1S/C56H36N2.C2H6/c1-5-19-37(20-6-1)55(38-21-7-2-8-22-38)45-31-17-29-43-41-27-13-15-33-49(41)57(53(43)45)51-36-48-52(35-47(51)55)58-50-34-16-14-28-42(50)44-30-18-32-46(54(44)58)56(48,39-23-9-3-10-24-39)40-25-11-4-12-26-40;1-2/h1-36H;1-2H3. The van der Waals surface area contributed by atoms with Crippen molar-refractivity contribution in [3.63, 3.8) is 0 Å². The molecule has 60 heavy (non-hydrogen) atoms. The summed E-state index contributed by atoms with van der Waals surface area (Å²) in [5.74, 6) is 0. The topological polar surface area (TPSA) is 9.86 Å². The molecule has 4 heterocycles. The highest BCUT2D eigenvalue weighted by Crippen LogP contribution is 2.59. The number of aromatic nitrogens is 2. The normalized spacial score (nSPS) is 14.1. The van der Waals surface area contributed by atoms with Gasteiger partial charge >= 0.3 is 0 Å². The minimum atomic E-state index is -0.627. The highest BCUT2D eigenvalue weighted by atomic mass is 15.0. The number of hydrogen-bond acceptors (Lipinski definition) is 0. The Balaban J connectivity index is 0.00000191. The zero-order chi connectivity index (χ0) is 40.0. The summed E-state index contributed by atoms with van der Waals surface area (Å²) in [5, 5.41) is 5.07. The quantitative estimate of drug-likeness (QED) is 0.169. The van der Waals surface area contributed by atoms with Crippen LogP contribution in [0.4, 0.5) is 0 Å². The molecule has 11 aromatic rings. The molecule has 0 radical (unpaired) electrons. The molecule has 0 bridgehead atoms. The summed E-state index contributed by atoms with van der Waals surface area (Å²) >= 11 is 0. The van der Waals surface area contributed by atoms with Crippen molar-refractivity contribution < 1.29 is 0 Å². The monoisotopic (exact) mass is 766 g/mol. The van der Waals surface area contributed by atoms with E-state index in [0.717, 1.165) is 0 Å². The number of rotatable bonds is 4. The Morgan fingerprint density at radius 3 is 0.933 bits per heavy atom. The second-order valence-corrected chi connectivity index (χ2v) is 16.0. The van der Waals surface area contributed by atoms with Gasteiger partial charge in [-0.1, -0.05) is 208 Å². The van der Waals surface area contributed by atoms with E-state index in [4.69, 9.17) is 0 Å². The lowest BCUT2D eigenvalue weighted by atomic mass is 9.60. The van der Waals surface area contributed by atoms with Crippen LogP contribution < -0.4 is 0 Å². The van der Waals surface area contributed by atoms with Crippen molar-refractivity contribution in [2.24, 2.45) is 0 Å². The number of benzene rings is 9. The predicted octanol–water partition coefficient (Wildman–Crippen LogP) is 14.3. The lowest BCUT2D eigenvalue weighted by Gasteiger charge is -2.45. The average molecular weight is 767 g/mol. The van der Waals surface area contributed by atoms with Gasteiger partial charge in [-0.15, -0.1) is 0 Å². The fraction of sp³-hybridized carbons (Fsp3) is 0.0690. The van der Waals surface area contributed by atoms with E-state index in [1.807, 2.05) is 13.8 Å². The van der Waals surface area contributed by atoms with Crippen molar-refractivity contribution in [3.05, 3.63) is 263 Å². The summed E-state index contributed by atoms with van der Waals surface area (Å²) < 4.78 is 5.18. The Morgan fingerprint density at radius 2 is 0.583 bits per heavy atom. The van der Waals surface area contributed by atoms with Gasteiger partial charge in [-0.05, 0) is 68.8 Å². The van der Waals surface area contributed by atoms with E-state index in [0.29, 0.717) is 0 Å². The van der Waals surface area contributed by atoms with Crippen molar-refractivity contribution >= 4 is 43.6 Å². The van der Waals surface area contributed by atoms with Crippen LogP contribution in [0.5, 0.6) is 0 Å². The Morgan fingerprint density at radius 1 is 0.283 bits per heavy atom. The van der Waals surface area contributed by atoms with E-state index < -0.39 is 10.8 Å². The third-order valence-corrected chi connectivity index (χ3v) is 13.4. The van der Waals surface area contributed by atoms with Crippen LogP contribution >= 0.6 is 0 Å². The van der Waals surface area contributed by atoms with Crippen molar-refractivity contribution in [2.45, 2.75) is 24.7 Å². The summed E-state index contributed by atoms with van der Waals surface area (Å²) in [6, 6.07) is 82.0. The van der Waals surface area contributed by atoms with E-state index in [2.05, 4.69) is 228 Å². The van der Waals surface area contributed by atoms with Gasteiger partial charge in [0.25, 0.3) is 0 Å². The SMILES string of the molecule is CC.c1ccc(C2(c3ccccc3)c3cc4c(cc3-n3c5ccccc5c5cccc2c53)C(c2ccccc2)(c2ccccc2)c2cccc3c5ccccc5n-4c23)cc1. The Labute approximate surface area is 350 Å². The molecule has 2 aliphatic rings. The van der Waals surface area contributed by atoms with Gasteiger partial charge in [0.1, 0.15) is 0 Å². The second kappa shape index (κ2) is 13.0. The van der Waals surface area contributed by atoms with E-state index >= 15 is 0 Å². The van der Waals surface area contributed by atoms with Gasteiger partial charge in [0.2, 0.25) is 0 Å². The first-order chi connectivity index (χ1) is 29.8. The first-order valence-corrected chi connectivity index (χ1v) is 21.3. The highest BCUT2D eigenvalue weighted by molar-refractivity contribution is 6.14. The first kappa shape index (κ1) is 34.6. The maximum atomic E-state index is 2.59. The van der Waals surface area contributed by atoms with E-state index in [-0.39, 0.29) is 0 Å². The minimum absolute atomic E-state index is 0.627. The van der Waals surface area contributed by atoms with E-state index in [9.17, 15) is 0 Å². The van der Waals surface area contributed by atoms with Crippen LogP contribution in [0.15, 0.2) is 218 Å². The Bertz CT molecular complexity index is 3120. The van der Waals surface area contributed by atoms with Gasteiger partial charge in [0.15, 0.2) is 0 Å². The zero-order valence-corrected chi connectivity index (χ0v) is 33.7. The third kappa shape index (κ3) is 4.27. The van der Waals surface area contributed by atoms with Gasteiger partial charge in [0.05, 0.1) is 44.3 Å². The molecular weight excluding hydrogens is 725 g/mol. The van der Waals surface area contributed by atoms with Gasteiger partial charge < -0.3 is 9.13 Å². The summed E-state index contributed by atoms with van der Waals surface area (Å²) in [4.78, 5) is 0. The molecule has 0 saturated heterocycles. The van der Waals surface area contributed by atoms with Crippen molar-refractivity contribution in [1.29, 1.82) is 0 Å². The maximum absolute atomic E-state index is 2.59. The number of hydrogen-bond donors (Lipinski definition) is 0. The molecule has 0 amide bonds. The summed E-state index contributed by atoms with van der Waals surface area (Å²) in [5.41, 5.74) is 16.3. The van der Waals surface area contributed by atoms with Crippen LogP contribution in [0.1, 0.15) is 58.4 Å². The number of para-hydroxylation sites is 4. The molecule has 0 saturated carbocycles. The summed E-state index contributed by atoms with van der Waals surface area (Å²) in [6.45, 7) is 4.00. The van der Waals surface area contributed by atoms with E-state index in [1.54, 1.807) is 0 Å². The Kier molecular flexibility index (Phi) is 7.52. The predicted molar refractivity (Wildman–Crippen MR) is 250 cm³/mol. The average Bonchev–Trinajstić information content (AvgIpc) is 3.86. The smallest absolute Gasteiger partial charge is 0.0743 e. The summed E-state index contributed by atoms with van der Waals surface area (Å²) in [7, 11) is 0. The molecule has 2 nitrogen and oxygen atoms in total. The Hall–Kier alpha value is -7.42. The maximum Gasteiger partial charge on any atom is 0.0743 e. The molecule has 0 unspecified atom stereocenters. The molecule has 0 atom stereocenters. The highest BCUT2D eigenvalue weighted by Gasteiger charge is 2.50. The molecule has 284 valence electrons. The number of nitrogens with zero attached hydrogens (tertiary/aromatic N) is 2. The van der Waals surface area contributed by atoms with Crippen molar-refractivity contribution in [2.75, 3.05) is 0 Å². The van der Waals surface area contributed by atoms with Crippen LogP contribution in [0, 0.1) is 0 Å². The van der Waals surface area contributed by atoms with Crippen LogP contribution in [-0.2, 0) is 10.8 Å². The zero-order valence-electron chi connectivity index (χ0n) is 33.7. The molecule has 2 aromatic heterocycles. The van der Waals surface area contributed by atoms with Crippen LogP contribution in [-0.4, -0.2) is 9.13 Å². The summed E-state index contributed by atoms with van der Waals surface area (Å²) in [6.07, 6.45) is 0. The lowest BCUT2D eigenvalue weighted by molar-refractivity contribution is 0.703. The molecule has 2 heteroatoms. The molecule has 0 N–H and O–H groups in total. The minimum Gasteiger partial charge on any atom is -0.309 e. The fourth-order valence-corrected chi connectivity index (χ4v) is 11.3. The van der Waals surface area contributed by atoms with Crippen LogP contribution in [0.2, 0.25) is 0 Å². The van der Waals surface area contributed by atoms with Gasteiger partial charge in [-0.25, -0.2) is 0 Å². The molecular formula is C58H42N2. The van der Waals surface area contributed by atoms with Gasteiger partial charge in [-0.3, -0.25) is 0 Å². The fourth-order valence-electron chi connectivity index (χ4n) is 11.3. The molecule has 0 aliphatic carbocycles. The first-order valence-electron chi connectivity index (χ1n) is 21.3. The second-order valence-electron chi connectivity index (χ2n) is 16.0. The number of fused-ring (bicyclic) bond motifs is 10. The molecule has 9 aromatic carbocycles. The molecule has 0 fully saturated rings. The largest absolute Gasteiger partial charge is 0.309 e. The molecule has 13 rings (SSSR count).